The van der Waals surface area contributed by atoms with Crippen LogP contribution < -0.4 is 14.2 Å². The predicted octanol–water partition coefficient (Wildman–Crippen LogP) is 5.51. The van der Waals surface area contributed by atoms with E-state index in [0.717, 1.165) is 60.3 Å². The van der Waals surface area contributed by atoms with Crippen LogP contribution in [-0.2, 0) is 46.0 Å². The first-order chi connectivity index (χ1) is 20.9. The van der Waals surface area contributed by atoms with Crippen molar-refractivity contribution >= 4 is 0 Å². The van der Waals surface area contributed by atoms with E-state index in [1.54, 1.807) is 14.2 Å². The highest BCUT2D eigenvalue weighted by Crippen LogP contribution is 2.42. The minimum Gasteiger partial charge on any atom is -0.491 e. The molecule has 0 radical (unpaired) electrons. The van der Waals surface area contributed by atoms with Crippen molar-refractivity contribution in [1.82, 2.24) is 0 Å². The van der Waals surface area contributed by atoms with Gasteiger partial charge in [0.05, 0.1) is 26.4 Å². The van der Waals surface area contributed by atoms with Crippen molar-refractivity contribution in [3.8, 4) is 28.4 Å². The Morgan fingerprint density at radius 2 is 1.72 bits per heavy atom. The van der Waals surface area contributed by atoms with E-state index in [0.29, 0.717) is 51.0 Å². The van der Waals surface area contributed by atoms with Gasteiger partial charge < -0.3 is 47.4 Å². The van der Waals surface area contributed by atoms with Crippen LogP contribution >= 0.6 is 0 Å². The van der Waals surface area contributed by atoms with Gasteiger partial charge in [-0.25, -0.2) is 0 Å². The molecule has 0 aromatic heterocycles. The molecule has 4 rings (SSSR count). The highest BCUT2D eigenvalue weighted by molar-refractivity contribution is 5.78. The van der Waals surface area contributed by atoms with Crippen molar-refractivity contribution in [3.05, 3.63) is 41.5 Å². The Morgan fingerprint density at radius 1 is 0.907 bits per heavy atom. The molecule has 2 atom stereocenters. The van der Waals surface area contributed by atoms with Crippen LogP contribution in [0.15, 0.2) is 30.3 Å². The zero-order valence-electron chi connectivity index (χ0n) is 26.3. The van der Waals surface area contributed by atoms with E-state index < -0.39 is 5.79 Å². The maximum atomic E-state index is 6.12. The third kappa shape index (κ3) is 10.0. The smallest absolute Gasteiger partial charge is 0.188 e. The number of ether oxygens (including phenoxy) is 10. The first-order valence-electron chi connectivity index (χ1n) is 15.2. The summed E-state index contributed by atoms with van der Waals surface area (Å²) < 4.78 is 57.9. The average Bonchev–Trinajstić information content (AvgIpc) is 3.37. The first-order valence-corrected chi connectivity index (χ1v) is 15.2. The largest absolute Gasteiger partial charge is 0.491 e. The fourth-order valence-electron chi connectivity index (χ4n) is 5.35. The van der Waals surface area contributed by atoms with Crippen molar-refractivity contribution in [2.45, 2.75) is 71.1 Å². The molecule has 240 valence electrons. The molecule has 2 unspecified atom stereocenters. The van der Waals surface area contributed by atoms with Crippen molar-refractivity contribution in [3.63, 3.8) is 0 Å². The molecule has 0 bridgehead atoms. The third-order valence-corrected chi connectivity index (χ3v) is 7.27. The monoisotopic (exact) mass is 604 g/mol. The van der Waals surface area contributed by atoms with Crippen LogP contribution in [0.1, 0.15) is 51.2 Å². The topological polar surface area (TPSA) is 92.3 Å². The molecule has 0 saturated carbocycles. The van der Waals surface area contributed by atoms with Gasteiger partial charge in [0.2, 0.25) is 0 Å². The Labute approximate surface area is 255 Å². The molecule has 10 nitrogen and oxygen atoms in total. The lowest BCUT2D eigenvalue weighted by Gasteiger charge is -2.23. The van der Waals surface area contributed by atoms with Gasteiger partial charge in [0.1, 0.15) is 30.0 Å². The van der Waals surface area contributed by atoms with E-state index >= 15 is 0 Å². The third-order valence-electron chi connectivity index (χ3n) is 7.27. The normalized spacial score (nSPS) is 19.8. The highest BCUT2D eigenvalue weighted by atomic mass is 16.7. The van der Waals surface area contributed by atoms with Crippen LogP contribution in [0.3, 0.4) is 0 Å². The predicted molar refractivity (Wildman–Crippen MR) is 161 cm³/mol. The molecule has 0 aliphatic carbocycles. The quantitative estimate of drug-likeness (QED) is 0.160. The van der Waals surface area contributed by atoms with Crippen LogP contribution in [0.4, 0.5) is 0 Å². The van der Waals surface area contributed by atoms with Crippen LogP contribution in [-0.4, -0.2) is 85.6 Å². The summed E-state index contributed by atoms with van der Waals surface area (Å²) in [5.74, 6) is 1.51. The lowest BCUT2D eigenvalue weighted by Crippen LogP contribution is -2.24. The molecule has 0 N–H and O–H groups in total. The number of hydrogen-bond donors (Lipinski definition) is 0. The van der Waals surface area contributed by atoms with E-state index in [2.05, 4.69) is 13.0 Å². The Hall–Kier alpha value is -2.44. The standard InChI is InChI=1S/C33H48O10/c1-6-27-28(13-15-36-20-26-21-42-33(2,3)43-26)32(30(41-23-35-5)19-29(27)40-22-34-4)24-10-9-11-25(18-24)37-16-17-39-31-12-7-8-14-38-31/h9-11,18-19,26,31H,6-8,12-17,20-23H2,1-5H3. The van der Waals surface area contributed by atoms with Gasteiger partial charge in [-0.1, -0.05) is 19.1 Å². The lowest BCUT2D eigenvalue weighted by molar-refractivity contribution is -0.165. The molecule has 2 heterocycles. The van der Waals surface area contributed by atoms with Crippen molar-refractivity contribution in [2.24, 2.45) is 0 Å². The number of rotatable bonds is 18. The van der Waals surface area contributed by atoms with Crippen molar-refractivity contribution in [2.75, 3.05) is 67.4 Å². The maximum Gasteiger partial charge on any atom is 0.188 e. The van der Waals surface area contributed by atoms with E-state index in [1.165, 1.54) is 0 Å². The Kier molecular flexibility index (Phi) is 13.3. The number of methoxy groups -OCH3 is 2. The molecule has 2 aromatic carbocycles. The molecule has 10 heteroatoms. The molecule has 2 aliphatic rings. The minimum absolute atomic E-state index is 0.0870. The summed E-state index contributed by atoms with van der Waals surface area (Å²) in [6.07, 6.45) is 4.29. The van der Waals surface area contributed by atoms with E-state index in [-0.39, 0.29) is 26.0 Å². The minimum atomic E-state index is -0.583. The zero-order chi connectivity index (χ0) is 30.5. The summed E-state index contributed by atoms with van der Waals surface area (Å²) in [5, 5.41) is 0. The fourth-order valence-corrected chi connectivity index (χ4v) is 5.35. The number of benzene rings is 2. The second-order valence-corrected chi connectivity index (χ2v) is 11.0. The summed E-state index contributed by atoms with van der Waals surface area (Å²) in [4.78, 5) is 0. The first kappa shape index (κ1) is 33.5. The van der Waals surface area contributed by atoms with Gasteiger partial charge in [0.15, 0.2) is 25.7 Å². The second kappa shape index (κ2) is 17.2. The summed E-state index contributed by atoms with van der Waals surface area (Å²) in [5.41, 5.74) is 4.04. The molecule has 2 saturated heterocycles. The average molecular weight is 605 g/mol. The van der Waals surface area contributed by atoms with Crippen molar-refractivity contribution in [1.29, 1.82) is 0 Å². The van der Waals surface area contributed by atoms with Crippen LogP contribution in [0.25, 0.3) is 11.1 Å². The Balaban J connectivity index is 1.55. The van der Waals surface area contributed by atoms with Crippen molar-refractivity contribution < 1.29 is 47.4 Å². The van der Waals surface area contributed by atoms with Gasteiger partial charge in [-0.3, -0.25) is 0 Å². The zero-order valence-corrected chi connectivity index (χ0v) is 26.3. The van der Waals surface area contributed by atoms with E-state index in [1.807, 2.05) is 38.1 Å². The molecule has 0 spiro atoms. The summed E-state index contributed by atoms with van der Waals surface area (Å²) >= 11 is 0. The molecular formula is C33H48O10. The van der Waals surface area contributed by atoms with Gasteiger partial charge in [-0.15, -0.1) is 0 Å². The fraction of sp³-hybridized carbons (Fsp3) is 0.636. The van der Waals surface area contributed by atoms with Gasteiger partial charge in [-0.2, -0.15) is 0 Å². The molecular weight excluding hydrogens is 556 g/mol. The maximum absolute atomic E-state index is 6.12. The van der Waals surface area contributed by atoms with Gasteiger partial charge in [-0.05, 0) is 74.8 Å². The van der Waals surface area contributed by atoms with E-state index in [9.17, 15) is 0 Å². The summed E-state index contributed by atoms with van der Waals surface area (Å²) in [6, 6.07) is 9.92. The van der Waals surface area contributed by atoms with E-state index in [4.69, 9.17) is 47.4 Å². The molecule has 2 fully saturated rings. The Morgan fingerprint density at radius 3 is 2.42 bits per heavy atom. The summed E-state index contributed by atoms with van der Waals surface area (Å²) in [7, 11) is 3.20. The molecule has 2 aromatic rings. The molecule has 2 aliphatic heterocycles. The SMILES string of the molecule is CCc1c(OCOC)cc(OCOC)c(-c2cccc(OCCOC3CCCCO3)c2)c1CCOCC1COC(C)(C)O1. The van der Waals surface area contributed by atoms with Crippen LogP contribution in [0, 0.1) is 0 Å². The number of hydrogen-bond acceptors (Lipinski definition) is 10. The Bertz CT molecular complexity index is 1120. The lowest BCUT2D eigenvalue weighted by atomic mass is 9.90. The summed E-state index contributed by atoms with van der Waals surface area (Å²) in [6.45, 7) is 9.22. The van der Waals surface area contributed by atoms with Gasteiger partial charge >= 0.3 is 0 Å². The van der Waals surface area contributed by atoms with Crippen LogP contribution in [0.2, 0.25) is 0 Å². The van der Waals surface area contributed by atoms with Gasteiger partial charge in [0, 0.05) is 32.5 Å². The van der Waals surface area contributed by atoms with Gasteiger partial charge in [0.25, 0.3) is 0 Å². The molecule has 43 heavy (non-hydrogen) atoms. The molecule has 0 amide bonds. The van der Waals surface area contributed by atoms with Crippen LogP contribution in [0.5, 0.6) is 17.2 Å². The second-order valence-electron chi connectivity index (χ2n) is 11.0. The highest BCUT2D eigenvalue weighted by Gasteiger charge is 2.32.